The summed E-state index contributed by atoms with van der Waals surface area (Å²) in [6.07, 6.45) is 11.1. The smallest absolute Gasteiger partial charge is 0.126 e. The zero-order valence-corrected chi connectivity index (χ0v) is 22.4. The minimum atomic E-state index is -0.576. The van der Waals surface area contributed by atoms with Crippen LogP contribution in [0.1, 0.15) is 47.7 Å². The Bertz CT molecular complexity index is 1450. The van der Waals surface area contributed by atoms with Crippen LogP contribution in [-0.2, 0) is 19.6 Å². The fourth-order valence-electron chi connectivity index (χ4n) is 4.49. The van der Waals surface area contributed by atoms with Crippen LogP contribution >= 0.6 is 0 Å². The van der Waals surface area contributed by atoms with Gasteiger partial charge in [-0.2, -0.15) is 5.26 Å². The SMILES string of the molecule is CC1=CCCC=C1.Cc1ccc(N(Cc2cc(F)cc(F)c2)Cc2cccn2Cc2ccc(C#N)cc2)cc1. The summed E-state index contributed by atoms with van der Waals surface area (Å²) in [6.45, 7) is 5.78. The Hall–Kier alpha value is -4.43. The van der Waals surface area contributed by atoms with E-state index < -0.39 is 11.6 Å². The summed E-state index contributed by atoms with van der Waals surface area (Å²) in [6, 6.07) is 25.5. The van der Waals surface area contributed by atoms with Gasteiger partial charge in [-0.1, -0.05) is 53.6 Å². The Labute approximate surface area is 230 Å². The lowest BCUT2D eigenvalue weighted by atomic mass is 10.1. The number of rotatable bonds is 7. The number of aromatic nitrogens is 1. The molecule has 5 heteroatoms. The molecule has 5 rings (SSSR count). The molecule has 1 aliphatic carbocycles. The molecule has 198 valence electrons. The Morgan fingerprint density at radius 1 is 0.846 bits per heavy atom. The van der Waals surface area contributed by atoms with Gasteiger partial charge in [-0.05, 0) is 86.3 Å². The van der Waals surface area contributed by atoms with Gasteiger partial charge in [0.25, 0.3) is 0 Å². The Balaban J connectivity index is 0.000000438. The molecule has 0 spiro atoms. The Morgan fingerprint density at radius 2 is 1.56 bits per heavy atom. The monoisotopic (exact) mass is 521 g/mol. The maximum atomic E-state index is 13.8. The number of halogens is 2. The third-order valence-electron chi connectivity index (χ3n) is 6.59. The van der Waals surface area contributed by atoms with Crippen molar-refractivity contribution in [2.75, 3.05) is 4.90 Å². The Kier molecular flexibility index (Phi) is 9.48. The third kappa shape index (κ3) is 8.28. The molecule has 0 atom stereocenters. The standard InChI is InChI=1S/C27H23F2N3.C7H10/c1-20-4-10-26(11-5-20)32(18-23-13-24(28)15-25(29)14-23)19-27-3-2-12-31(27)17-22-8-6-21(16-30)7-9-22;1-7-5-3-2-4-6-7/h2-15H,17-19H2,1H3;3,5-6H,2,4H2,1H3. The molecule has 0 N–H and O–H groups in total. The van der Waals surface area contributed by atoms with Gasteiger partial charge in [-0.3, -0.25) is 0 Å². The lowest BCUT2D eigenvalue weighted by molar-refractivity contribution is 0.578. The highest BCUT2D eigenvalue weighted by Crippen LogP contribution is 2.23. The summed E-state index contributed by atoms with van der Waals surface area (Å²) in [7, 11) is 0. The largest absolute Gasteiger partial charge is 0.361 e. The molecule has 0 amide bonds. The molecule has 3 aromatic carbocycles. The summed E-state index contributed by atoms with van der Waals surface area (Å²) in [4.78, 5) is 2.11. The molecule has 3 nitrogen and oxygen atoms in total. The maximum Gasteiger partial charge on any atom is 0.126 e. The Morgan fingerprint density at radius 3 is 2.15 bits per heavy atom. The van der Waals surface area contributed by atoms with Crippen molar-refractivity contribution in [3.05, 3.63) is 148 Å². The van der Waals surface area contributed by atoms with Crippen molar-refractivity contribution < 1.29 is 8.78 Å². The highest BCUT2D eigenvalue weighted by molar-refractivity contribution is 5.48. The van der Waals surface area contributed by atoms with Crippen LogP contribution in [0.5, 0.6) is 0 Å². The second-order valence-electron chi connectivity index (χ2n) is 9.83. The molecule has 0 radical (unpaired) electrons. The molecule has 0 fully saturated rings. The van der Waals surface area contributed by atoms with Crippen LogP contribution in [0.15, 0.2) is 109 Å². The van der Waals surface area contributed by atoms with Crippen LogP contribution in [0.4, 0.5) is 14.5 Å². The average molecular weight is 522 g/mol. The first-order chi connectivity index (χ1) is 18.9. The molecule has 0 saturated carbocycles. The van der Waals surface area contributed by atoms with Crippen molar-refractivity contribution in [1.82, 2.24) is 4.57 Å². The van der Waals surface area contributed by atoms with Crippen LogP contribution in [0.2, 0.25) is 0 Å². The van der Waals surface area contributed by atoms with Crippen molar-refractivity contribution in [1.29, 1.82) is 5.26 Å². The predicted molar refractivity (Wildman–Crippen MR) is 154 cm³/mol. The number of aryl methyl sites for hydroxylation is 1. The first kappa shape index (κ1) is 27.6. The van der Waals surface area contributed by atoms with Crippen molar-refractivity contribution in [3.8, 4) is 6.07 Å². The minimum Gasteiger partial charge on any atom is -0.361 e. The highest BCUT2D eigenvalue weighted by atomic mass is 19.1. The van der Waals surface area contributed by atoms with Crippen LogP contribution in [0.3, 0.4) is 0 Å². The summed E-state index contributed by atoms with van der Waals surface area (Å²) in [5.41, 5.74) is 6.91. The second kappa shape index (κ2) is 13.4. The fourth-order valence-corrected chi connectivity index (χ4v) is 4.49. The molecule has 1 aromatic heterocycles. The molecular formula is C34H33F2N3. The van der Waals surface area contributed by atoms with Crippen LogP contribution in [0.25, 0.3) is 0 Å². The molecule has 1 heterocycles. The average Bonchev–Trinajstić information content (AvgIpc) is 3.36. The zero-order valence-electron chi connectivity index (χ0n) is 22.4. The molecule has 0 aliphatic heterocycles. The van der Waals surface area contributed by atoms with Crippen LogP contribution < -0.4 is 4.90 Å². The second-order valence-corrected chi connectivity index (χ2v) is 9.83. The number of allylic oxidation sites excluding steroid dienone is 4. The summed E-state index contributed by atoms with van der Waals surface area (Å²) >= 11 is 0. The van der Waals surface area contributed by atoms with Crippen molar-refractivity contribution >= 4 is 5.69 Å². The van der Waals surface area contributed by atoms with Gasteiger partial charge in [-0.25, -0.2) is 8.78 Å². The van der Waals surface area contributed by atoms with E-state index in [1.165, 1.54) is 30.5 Å². The van der Waals surface area contributed by atoms with E-state index in [-0.39, 0.29) is 0 Å². The van der Waals surface area contributed by atoms with E-state index in [0.717, 1.165) is 28.6 Å². The topological polar surface area (TPSA) is 32.0 Å². The van der Waals surface area contributed by atoms with Gasteiger partial charge in [0.1, 0.15) is 11.6 Å². The predicted octanol–water partition coefficient (Wildman–Crippen LogP) is 8.48. The summed E-state index contributed by atoms with van der Waals surface area (Å²) < 4.78 is 29.7. The van der Waals surface area contributed by atoms with Crippen molar-refractivity contribution in [3.63, 3.8) is 0 Å². The van der Waals surface area contributed by atoms with Gasteiger partial charge in [0, 0.05) is 36.7 Å². The van der Waals surface area contributed by atoms with E-state index in [0.29, 0.717) is 30.8 Å². The molecule has 0 unspecified atom stereocenters. The van der Waals surface area contributed by atoms with Crippen molar-refractivity contribution in [2.45, 2.75) is 46.3 Å². The minimum absolute atomic E-state index is 0.375. The van der Waals surface area contributed by atoms with E-state index in [4.69, 9.17) is 5.26 Å². The lowest BCUT2D eigenvalue weighted by Gasteiger charge is -2.26. The third-order valence-corrected chi connectivity index (χ3v) is 6.59. The molecule has 39 heavy (non-hydrogen) atoms. The van der Waals surface area contributed by atoms with E-state index in [1.54, 1.807) is 0 Å². The molecule has 1 aliphatic rings. The lowest BCUT2D eigenvalue weighted by Crippen LogP contribution is -2.24. The van der Waals surface area contributed by atoms with Gasteiger partial charge >= 0.3 is 0 Å². The van der Waals surface area contributed by atoms with Gasteiger partial charge in [0.15, 0.2) is 0 Å². The number of nitrogens with zero attached hydrogens (tertiary/aromatic N) is 3. The molecule has 0 bridgehead atoms. The van der Waals surface area contributed by atoms with Gasteiger partial charge < -0.3 is 9.47 Å². The molecule has 0 saturated heterocycles. The molecular weight excluding hydrogens is 488 g/mol. The van der Waals surface area contributed by atoms with E-state index in [1.807, 2.05) is 67.7 Å². The van der Waals surface area contributed by atoms with E-state index in [2.05, 4.69) is 46.8 Å². The number of anilines is 1. The summed E-state index contributed by atoms with van der Waals surface area (Å²) in [5.74, 6) is -1.15. The maximum absolute atomic E-state index is 13.8. The van der Waals surface area contributed by atoms with Crippen LogP contribution in [0, 0.1) is 29.9 Å². The number of nitriles is 1. The van der Waals surface area contributed by atoms with E-state index >= 15 is 0 Å². The first-order valence-electron chi connectivity index (χ1n) is 13.1. The van der Waals surface area contributed by atoms with E-state index in [9.17, 15) is 8.78 Å². The fraction of sp³-hybridized carbons (Fsp3) is 0.206. The summed E-state index contributed by atoms with van der Waals surface area (Å²) in [5, 5.41) is 9.00. The number of hydrogen-bond donors (Lipinski definition) is 0. The normalized spacial score (nSPS) is 12.2. The number of hydrogen-bond acceptors (Lipinski definition) is 2. The van der Waals surface area contributed by atoms with Gasteiger partial charge in [0.05, 0.1) is 18.2 Å². The van der Waals surface area contributed by atoms with Gasteiger partial charge in [0.2, 0.25) is 0 Å². The van der Waals surface area contributed by atoms with Gasteiger partial charge in [-0.15, -0.1) is 0 Å². The number of benzene rings is 3. The quantitative estimate of drug-likeness (QED) is 0.244. The first-order valence-corrected chi connectivity index (χ1v) is 13.1. The highest BCUT2D eigenvalue weighted by Gasteiger charge is 2.13. The van der Waals surface area contributed by atoms with Crippen molar-refractivity contribution in [2.24, 2.45) is 0 Å². The molecule has 4 aromatic rings. The van der Waals surface area contributed by atoms with Crippen LogP contribution in [-0.4, -0.2) is 4.57 Å². The zero-order chi connectivity index (χ0) is 27.6.